The van der Waals surface area contributed by atoms with E-state index in [9.17, 15) is 20.2 Å². The smallest absolute Gasteiger partial charge is 0.504 e. The molecule has 2 aromatic rings. The molecule has 240 valence electrons. The van der Waals surface area contributed by atoms with Crippen LogP contribution in [0, 0.1) is 43.1 Å². The quantitative estimate of drug-likeness (QED) is 0.108. The number of aliphatic imine (C=N–C) groups is 2. The van der Waals surface area contributed by atoms with Crippen LogP contribution in [-0.2, 0) is 5.48 Å². The minimum absolute atomic E-state index is 0. The number of nitroso groups, excluding NO2 is 2. The molecule has 0 fully saturated rings. The molecule has 2 aromatic heterocycles. The van der Waals surface area contributed by atoms with Crippen LogP contribution >= 0.6 is 0 Å². The van der Waals surface area contributed by atoms with Crippen molar-refractivity contribution in [3.63, 3.8) is 0 Å². The Kier molecular flexibility index (Phi) is 16.5. The van der Waals surface area contributed by atoms with E-state index in [1.807, 2.05) is 0 Å². The maximum absolute atomic E-state index is 12.3. The number of aromatic nitrogens is 2. The Morgan fingerprint density at radius 3 is 1.07 bits per heavy atom. The third-order valence-corrected chi connectivity index (χ3v) is 7.87. The van der Waals surface area contributed by atoms with E-state index in [0.29, 0.717) is 11.1 Å². The number of hydrogen-bond acceptors (Lipinski definition) is 10. The van der Waals surface area contributed by atoms with Gasteiger partial charge in [-0.25, -0.2) is 0 Å². The SMILES string of the molecule is CC1(C)[N+](=O)C(c2ccncc2)=[N+]([O-])C1(C)C.CC1(C)[N+](=O)C(c2ccncc2)=[N+]([O-])C1(C)C.N#CN=C=[N-].N#CN=C=[N-].[OH3+].[Pb]. The fraction of sp³-hybridized carbons (Fsp3) is 0.429. The van der Waals surface area contributed by atoms with Gasteiger partial charge >= 0.3 is 11.7 Å². The minimum Gasteiger partial charge on any atom is -0.618 e. The van der Waals surface area contributed by atoms with Gasteiger partial charge in [-0.2, -0.15) is 10.5 Å². The third-order valence-electron chi connectivity index (χ3n) is 7.87. The standard InChI is InChI=1S/2C12H16N3O2.2C2N3.H2O.Pb/c2*1-11(2)12(3,4)15(17)10(14(11)16)9-5-7-13-8-6-9;2*3-1-5-2-4;;/h2*5-8H,1-4H3;;;1H2;/q2*+1;2*-1;;/p+1. The van der Waals surface area contributed by atoms with E-state index >= 15 is 0 Å². The molecule has 0 amide bonds. The van der Waals surface area contributed by atoms with Crippen molar-refractivity contribution in [2.24, 2.45) is 9.98 Å². The zero-order chi connectivity index (χ0) is 33.9. The van der Waals surface area contributed by atoms with Gasteiger partial charge in [-0.05, 0) is 24.3 Å². The summed E-state index contributed by atoms with van der Waals surface area (Å²) in [4.78, 5) is 37.5. The topological polar surface area (TPSA) is 268 Å². The molecule has 0 saturated heterocycles. The summed E-state index contributed by atoms with van der Waals surface area (Å²) in [6.45, 7) is 14.2. The number of pyridine rings is 2. The second-order valence-electron chi connectivity index (χ2n) is 11.2. The molecule has 0 spiro atoms. The van der Waals surface area contributed by atoms with Crippen molar-refractivity contribution in [2.75, 3.05) is 0 Å². The van der Waals surface area contributed by atoms with Crippen molar-refractivity contribution in [3.05, 3.63) is 91.2 Å². The van der Waals surface area contributed by atoms with Crippen LogP contribution < -0.4 is 0 Å². The molecule has 17 nitrogen and oxygen atoms in total. The van der Waals surface area contributed by atoms with Gasteiger partial charge in [-0.3, -0.25) is 9.97 Å². The Hall–Kier alpha value is -4.94. The van der Waals surface area contributed by atoms with Crippen LogP contribution in [0.1, 0.15) is 66.5 Å². The normalized spacial score (nSPS) is 17.1. The van der Waals surface area contributed by atoms with E-state index in [1.165, 1.54) is 24.4 Å². The molecule has 4 radical (unpaired) electrons. The zero-order valence-corrected chi connectivity index (χ0v) is 30.6. The number of nitrogens with zero attached hydrogens (tertiary/aromatic N) is 12. The third kappa shape index (κ3) is 8.61. The van der Waals surface area contributed by atoms with Crippen molar-refractivity contribution in [1.82, 2.24) is 9.97 Å². The molecule has 0 aliphatic carbocycles. The maximum atomic E-state index is 12.3. The van der Waals surface area contributed by atoms with Crippen molar-refractivity contribution < 1.29 is 24.5 Å². The fourth-order valence-corrected chi connectivity index (χ4v) is 3.73. The van der Waals surface area contributed by atoms with Gasteiger partial charge in [0, 0.05) is 117 Å². The predicted octanol–water partition coefficient (Wildman–Crippen LogP) is 2.50. The molecule has 46 heavy (non-hydrogen) atoms. The summed E-state index contributed by atoms with van der Waals surface area (Å²) in [6, 6.07) is 9.24. The molecule has 3 N–H and O–H groups in total. The number of amidine groups is 2. The van der Waals surface area contributed by atoms with Crippen LogP contribution in [0.5, 0.6) is 0 Å². The summed E-state index contributed by atoms with van der Waals surface area (Å²) in [7, 11) is 0. The molecule has 4 heterocycles. The zero-order valence-electron chi connectivity index (χ0n) is 26.7. The number of rotatable bonds is 2. The van der Waals surface area contributed by atoms with Gasteiger partial charge in [-0.1, -0.05) is 0 Å². The van der Waals surface area contributed by atoms with Crippen molar-refractivity contribution in [3.8, 4) is 12.4 Å². The first-order chi connectivity index (χ1) is 20.4. The molecule has 18 heteroatoms. The summed E-state index contributed by atoms with van der Waals surface area (Å²) in [5.41, 5.74) is -1.88. The number of nitriles is 2. The molecule has 4 rings (SSSR count). The Bertz CT molecular complexity index is 1520. The van der Waals surface area contributed by atoms with E-state index in [1.54, 1.807) is 104 Å². The van der Waals surface area contributed by atoms with Gasteiger partial charge in [-0.15, -0.1) is 21.5 Å². The average molecular weight is 827 g/mol. The van der Waals surface area contributed by atoms with Crippen LogP contribution in [0.2, 0.25) is 0 Å². The van der Waals surface area contributed by atoms with E-state index in [4.69, 9.17) is 21.3 Å². The van der Waals surface area contributed by atoms with Gasteiger partial charge < -0.3 is 36.7 Å². The van der Waals surface area contributed by atoms with Crippen LogP contribution in [0.4, 0.5) is 0 Å². The van der Waals surface area contributed by atoms with E-state index < -0.39 is 22.2 Å². The monoisotopic (exact) mass is 827 g/mol. The van der Waals surface area contributed by atoms with Gasteiger partial charge in [0.15, 0.2) is 0 Å². The molecule has 0 unspecified atom stereocenters. The molecule has 0 bridgehead atoms. The van der Waals surface area contributed by atoms with Gasteiger partial charge in [0.1, 0.15) is 20.6 Å². The van der Waals surface area contributed by atoms with E-state index in [0.717, 1.165) is 19.0 Å². The molecule has 0 aromatic carbocycles. The molecule has 2 aliphatic rings. The number of hydrogen-bond donors (Lipinski definition) is 0. The predicted molar refractivity (Wildman–Crippen MR) is 171 cm³/mol. The Morgan fingerprint density at radius 2 is 0.913 bits per heavy atom. The van der Waals surface area contributed by atoms with Crippen LogP contribution in [0.15, 0.2) is 59.0 Å². The molecular formula is C28H35N12O5Pb+. The minimum atomic E-state index is -0.770. The Labute approximate surface area is 286 Å². The maximum Gasteiger partial charge on any atom is 0.504 e. The Morgan fingerprint density at radius 1 is 0.652 bits per heavy atom. The first-order valence-electron chi connectivity index (χ1n) is 12.8. The summed E-state index contributed by atoms with van der Waals surface area (Å²) < 4.78 is 3.20. The van der Waals surface area contributed by atoms with E-state index in [2.05, 4.69) is 20.0 Å². The first kappa shape index (κ1) is 43.2. The van der Waals surface area contributed by atoms with Crippen molar-refractivity contribution in [2.45, 2.75) is 77.5 Å². The first-order valence-corrected chi connectivity index (χ1v) is 12.8. The van der Waals surface area contributed by atoms with Crippen molar-refractivity contribution in [1.29, 1.82) is 10.5 Å². The fourth-order valence-electron chi connectivity index (χ4n) is 3.73. The second-order valence-corrected chi connectivity index (χ2v) is 11.2. The van der Waals surface area contributed by atoms with Gasteiger partial charge in [0.25, 0.3) is 11.1 Å². The van der Waals surface area contributed by atoms with Gasteiger partial charge in [0.2, 0.25) is 11.1 Å². The molecule has 2 aliphatic heterocycles. The van der Waals surface area contributed by atoms with Gasteiger partial charge in [0.05, 0.1) is 12.4 Å². The van der Waals surface area contributed by atoms with E-state index in [-0.39, 0.29) is 44.4 Å². The second kappa shape index (κ2) is 17.5. The molecule has 0 saturated carbocycles. The summed E-state index contributed by atoms with van der Waals surface area (Å²) in [6.07, 6.45) is 8.85. The van der Waals surface area contributed by atoms with Crippen LogP contribution in [-0.4, -0.2) is 102 Å². The summed E-state index contributed by atoms with van der Waals surface area (Å²) in [5, 5.41) is 54.3. The van der Waals surface area contributed by atoms with Crippen LogP contribution in [0.3, 0.4) is 0 Å². The summed E-state index contributed by atoms with van der Waals surface area (Å²) >= 11 is 0. The molecular weight excluding hydrogens is 792 g/mol. The Balaban J connectivity index is 0. The summed E-state index contributed by atoms with van der Waals surface area (Å²) in [5.74, 6) is 0.310. The largest absolute Gasteiger partial charge is 0.618 e. The van der Waals surface area contributed by atoms with Crippen LogP contribution in [0.25, 0.3) is 10.8 Å². The average Bonchev–Trinajstić information content (AvgIpc) is 3.19. The molecule has 0 atom stereocenters. The number of hydroxylamine groups is 2. The van der Waals surface area contributed by atoms with Crippen molar-refractivity contribution >= 4 is 51.0 Å².